The monoisotopic (exact) mass is 463 g/mol. The molecular formula is C26H22FNO6. The number of amides is 1. The smallest absolute Gasteiger partial charge is 0.300 e. The van der Waals surface area contributed by atoms with Gasteiger partial charge in [-0.05, 0) is 54.1 Å². The van der Waals surface area contributed by atoms with Gasteiger partial charge in [0.05, 0.1) is 32.9 Å². The molecule has 1 N–H and O–H groups in total. The fraction of sp³-hybridized carbons (Fsp3) is 0.154. The van der Waals surface area contributed by atoms with Crippen LogP contribution in [0.3, 0.4) is 0 Å². The number of halogens is 1. The highest BCUT2D eigenvalue weighted by atomic mass is 19.1. The highest BCUT2D eigenvalue weighted by Gasteiger charge is 2.47. The third kappa shape index (κ3) is 3.83. The molecule has 3 aromatic carbocycles. The molecule has 34 heavy (non-hydrogen) atoms. The van der Waals surface area contributed by atoms with Crippen molar-refractivity contribution in [2.45, 2.75) is 6.04 Å². The van der Waals surface area contributed by atoms with Crippen LogP contribution >= 0.6 is 0 Å². The van der Waals surface area contributed by atoms with Crippen LogP contribution in [0.25, 0.3) is 5.76 Å². The van der Waals surface area contributed by atoms with Crippen LogP contribution in [0.15, 0.2) is 72.3 Å². The molecule has 8 heteroatoms. The van der Waals surface area contributed by atoms with Crippen LogP contribution in [-0.2, 0) is 9.59 Å². The molecule has 0 bridgehead atoms. The maximum Gasteiger partial charge on any atom is 0.300 e. The van der Waals surface area contributed by atoms with Crippen LogP contribution in [0.1, 0.15) is 17.2 Å². The number of methoxy groups -OCH3 is 3. The van der Waals surface area contributed by atoms with Crippen LogP contribution < -0.4 is 19.1 Å². The predicted octanol–water partition coefficient (Wildman–Crippen LogP) is 4.48. The highest BCUT2D eigenvalue weighted by Crippen LogP contribution is 2.45. The predicted molar refractivity (Wildman–Crippen MR) is 124 cm³/mol. The first-order valence-electron chi connectivity index (χ1n) is 10.3. The number of anilines is 1. The standard InChI is InChI=1S/C26H22FNO6/c1-32-18-13-7-15(8-14-18)23-22(24(29)21-19(33-2)5-4-6-20(21)34-3)25(30)26(31)28(23)17-11-9-16(27)10-12-17/h4-14,23,29H,1-3H3/b24-22+. The first-order valence-corrected chi connectivity index (χ1v) is 10.3. The number of nitrogens with zero attached hydrogens (tertiary/aromatic N) is 1. The van der Waals surface area contributed by atoms with E-state index in [1.807, 2.05) is 0 Å². The molecule has 1 aliphatic heterocycles. The van der Waals surface area contributed by atoms with Gasteiger partial charge in [-0.15, -0.1) is 0 Å². The van der Waals surface area contributed by atoms with Gasteiger partial charge in [-0.3, -0.25) is 14.5 Å². The summed E-state index contributed by atoms with van der Waals surface area (Å²) in [4.78, 5) is 27.7. The number of Topliss-reactive ketones (excluding diaryl/α,β-unsaturated/α-hetero) is 1. The summed E-state index contributed by atoms with van der Waals surface area (Å²) in [5.41, 5.74) is 0.834. The van der Waals surface area contributed by atoms with Crippen LogP contribution in [0.5, 0.6) is 17.2 Å². The Morgan fingerprint density at radius 2 is 1.44 bits per heavy atom. The molecule has 3 aromatic rings. The number of hydrogen-bond donors (Lipinski definition) is 1. The second-order valence-electron chi connectivity index (χ2n) is 7.46. The zero-order chi connectivity index (χ0) is 24.4. The molecular weight excluding hydrogens is 441 g/mol. The van der Waals surface area contributed by atoms with Gasteiger partial charge in [-0.2, -0.15) is 0 Å². The molecule has 1 unspecified atom stereocenters. The summed E-state index contributed by atoms with van der Waals surface area (Å²) in [6.45, 7) is 0. The van der Waals surface area contributed by atoms with E-state index in [9.17, 15) is 19.1 Å². The molecule has 1 heterocycles. The zero-order valence-electron chi connectivity index (χ0n) is 18.7. The van der Waals surface area contributed by atoms with E-state index in [4.69, 9.17) is 14.2 Å². The van der Waals surface area contributed by atoms with E-state index in [0.717, 1.165) is 0 Å². The largest absolute Gasteiger partial charge is 0.506 e. The summed E-state index contributed by atoms with van der Waals surface area (Å²) in [7, 11) is 4.36. The molecule has 1 amide bonds. The summed E-state index contributed by atoms with van der Waals surface area (Å²) in [6, 6.07) is 15.8. The molecule has 4 rings (SSSR count). The number of aliphatic hydroxyl groups excluding tert-OH is 1. The van der Waals surface area contributed by atoms with Crippen molar-refractivity contribution in [3.8, 4) is 17.2 Å². The van der Waals surface area contributed by atoms with E-state index in [2.05, 4.69) is 0 Å². The summed E-state index contributed by atoms with van der Waals surface area (Å²) in [5, 5.41) is 11.4. The van der Waals surface area contributed by atoms with E-state index < -0.39 is 29.3 Å². The Kier molecular flexibility index (Phi) is 6.23. The van der Waals surface area contributed by atoms with Crippen LogP contribution in [0.4, 0.5) is 10.1 Å². The maximum atomic E-state index is 13.6. The lowest BCUT2D eigenvalue weighted by Gasteiger charge is -2.26. The molecule has 0 radical (unpaired) electrons. The highest BCUT2D eigenvalue weighted by molar-refractivity contribution is 6.51. The summed E-state index contributed by atoms with van der Waals surface area (Å²) < 4.78 is 29.6. The van der Waals surface area contributed by atoms with Crippen molar-refractivity contribution < 1.29 is 33.3 Å². The maximum absolute atomic E-state index is 13.6. The van der Waals surface area contributed by atoms with Gasteiger partial charge in [-0.25, -0.2) is 4.39 Å². The summed E-state index contributed by atoms with van der Waals surface area (Å²) in [5.74, 6) is -1.58. The van der Waals surface area contributed by atoms with Crippen molar-refractivity contribution in [1.29, 1.82) is 0 Å². The zero-order valence-corrected chi connectivity index (χ0v) is 18.7. The third-order valence-corrected chi connectivity index (χ3v) is 5.65. The van der Waals surface area contributed by atoms with E-state index >= 15 is 0 Å². The first kappa shape index (κ1) is 22.8. The van der Waals surface area contributed by atoms with Crippen molar-refractivity contribution >= 4 is 23.1 Å². The molecule has 1 fully saturated rings. The number of carbonyl (C=O) groups excluding carboxylic acids is 2. The Hall–Kier alpha value is -4.33. The second kappa shape index (κ2) is 9.27. The van der Waals surface area contributed by atoms with E-state index in [1.54, 1.807) is 42.5 Å². The first-order chi connectivity index (χ1) is 16.4. The molecule has 0 saturated carbocycles. The van der Waals surface area contributed by atoms with Crippen LogP contribution in [0.2, 0.25) is 0 Å². The van der Waals surface area contributed by atoms with Gasteiger partial charge < -0.3 is 19.3 Å². The molecule has 1 atom stereocenters. The molecule has 1 aliphatic rings. The van der Waals surface area contributed by atoms with Gasteiger partial charge in [0.2, 0.25) is 0 Å². The van der Waals surface area contributed by atoms with Gasteiger partial charge in [-0.1, -0.05) is 18.2 Å². The Labute approximate surface area is 195 Å². The van der Waals surface area contributed by atoms with Crippen LogP contribution in [0, 0.1) is 5.82 Å². The number of ketones is 1. The lowest BCUT2D eigenvalue weighted by Crippen LogP contribution is -2.29. The Balaban J connectivity index is 1.99. The quantitative estimate of drug-likeness (QED) is 0.330. The minimum atomic E-state index is -0.994. The van der Waals surface area contributed by atoms with Crippen molar-refractivity contribution in [3.63, 3.8) is 0 Å². The second-order valence-corrected chi connectivity index (χ2v) is 7.46. The average Bonchev–Trinajstić information content (AvgIpc) is 3.13. The minimum absolute atomic E-state index is 0.142. The van der Waals surface area contributed by atoms with Gasteiger partial charge in [0.25, 0.3) is 11.7 Å². The van der Waals surface area contributed by atoms with Crippen molar-refractivity contribution in [2.24, 2.45) is 0 Å². The number of ether oxygens (including phenoxy) is 3. The molecule has 0 spiro atoms. The van der Waals surface area contributed by atoms with Gasteiger partial charge in [0, 0.05) is 5.69 Å². The van der Waals surface area contributed by atoms with Crippen LogP contribution in [-0.4, -0.2) is 38.1 Å². The van der Waals surface area contributed by atoms with E-state index in [-0.39, 0.29) is 22.6 Å². The number of benzene rings is 3. The molecule has 0 aromatic heterocycles. The number of hydrogen-bond acceptors (Lipinski definition) is 6. The van der Waals surface area contributed by atoms with E-state index in [1.165, 1.54) is 50.5 Å². The average molecular weight is 463 g/mol. The fourth-order valence-corrected chi connectivity index (χ4v) is 4.02. The van der Waals surface area contributed by atoms with Crippen molar-refractivity contribution in [3.05, 3.63) is 89.2 Å². The Bertz CT molecular complexity index is 1250. The number of aliphatic hydroxyl groups is 1. The topological polar surface area (TPSA) is 85.3 Å². The molecule has 7 nitrogen and oxygen atoms in total. The van der Waals surface area contributed by atoms with Gasteiger partial charge in [0.15, 0.2) is 0 Å². The molecule has 0 aliphatic carbocycles. The normalized spacial score (nSPS) is 17.1. The number of carbonyl (C=O) groups is 2. The third-order valence-electron chi connectivity index (χ3n) is 5.65. The van der Waals surface area contributed by atoms with Gasteiger partial charge >= 0.3 is 0 Å². The fourth-order valence-electron chi connectivity index (χ4n) is 4.02. The Morgan fingerprint density at radius 1 is 0.853 bits per heavy atom. The summed E-state index contributed by atoms with van der Waals surface area (Å²) >= 11 is 0. The lowest BCUT2D eigenvalue weighted by molar-refractivity contribution is -0.132. The SMILES string of the molecule is COc1ccc(C2/C(=C(\O)c3c(OC)cccc3OC)C(=O)C(=O)N2c2ccc(F)cc2)cc1. The molecule has 1 saturated heterocycles. The van der Waals surface area contributed by atoms with Crippen molar-refractivity contribution in [1.82, 2.24) is 0 Å². The minimum Gasteiger partial charge on any atom is -0.506 e. The summed E-state index contributed by atoms with van der Waals surface area (Å²) in [6.07, 6.45) is 0. The molecule has 174 valence electrons. The Morgan fingerprint density at radius 3 is 1.97 bits per heavy atom. The van der Waals surface area contributed by atoms with E-state index in [0.29, 0.717) is 17.0 Å². The van der Waals surface area contributed by atoms with Crippen molar-refractivity contribution in [2.75, 3.05) is 26.2 Å². The van der Waals surface area contributed by atoms with Gasteiger partial charge in [0.1, 0.15) is 34.4 Å². The lowest BCUT2D eigenvalue weighted by atomic mass is 9.94. The number of rotatable bonds is 6.